The Balaban J connectivity index is 2.13. The first kappa shape index (κ1) is 14.8. The van der Waals surface area contributed by atoms with E-state index >= 15 is 0 Å². The van der Waals surface area contributed by atoms with Crippen molar-refractivity contribution in [1.82, 2.24) is 9.38 Å². The van der Waals surface area contributed by atoms with E-state index in [0.29, 0.717) is 6.54 Å². The van der Waals surface area contributed by atoms with E-state index in [1.807, 2.05) is 6.20 Å². The Morgan fingerprint density at radius 2 is 1.77 bits per heavy atom. The number of nitrogens with two attached hydrogens (primary N) is 1. The number of imidazole rings is 1. The number of hydrogen-bond donors (Lipinski definition) is 1. The number of aryl methyl sites for hydroxylation is 1. The van der Waals surface area contributed by atoms with E-state index in [1.165, 1.54) is 11.1 Å². The maximum atomic E-state index is 5.97. The summed E-state index contributed by atoms with van der Waals surface area (Å²) in [6.45, 7) is 9.22. The molecule has 2 aromatic heterocycles. The Bertz CT molecular complexity index is 805. The van der Waals surface area contributed by atoms with Crippen LogP contribution in [0.2, 0.25) is 0 Å². The second kappa shape index (κ2) is 5.25. The molecule has 0 saturated heterocycles. The van der Waals surface area contributed by atoms with Crippen LogP contribution in [0.1, 0.15) is 37.6 Å². The smallest absolute Gasteiger partial charge is 0.137 e. The fourth-order valence-electron chi connectivity index (χ4n) is 2.75. The van der Waals surface area contributed by atoms with E-state index in [2.05, 4.69) is 68.5 Å². The van der Waals surface area contributed by atoms with Crippen LogP contribution in [0.5, 0.6) is 0 Å². The summed E-state index contributed by atoms with van der Waals surface area (Å²) in [7, 11) is 0. The van der Waals surface area contributed by atoms with Crippen molar-refractivity contribution in [3.8, 4) is 11.3 Å². The van der Waals surface area contributed by atoms with Crippen LogP contribution in [-0.4, -0.2) is 9.38 Å². The van der Waals surface area contributed by atoms with Gasteiger partial charge in [0.2, 0.25) is 0 Å². The van der Waals surface area contributed by atoms with Crippen molar-refractivity contribution in [2.24, 2.45) is 5.73 Å². The van der Waals surface area contributed by atoms with Crippen molar-refractivity contribution < 1.29 is 0 Å². The summed E-state index contributed by atoms with van der Waals surface area (Å²) >= 11 is 0. The van der Waals surface area contributed by atoms with Crippen molar-refractivity contribution in [1.29, 1.82) is 0 Å². The molecule has 2 N–H and O–H groups in total. The molecule has 3 nitrogen and oxygen atoms in total. The van der Waals surface area contributed by atoms with Gasteiger partial charge in [-0.2, -0.15) is 0 Å². The molecule has 0 bridgehead atoms. The highest BCUT2D eigenvalue weighted by molar-refractivity contribution is 5.67. The summed E-state index contributed by atoms with van der Waals surface area (Å²) < 4.78 is 2.08. The van der Waals surface area contributed by atoms with Crippen molar-refractivity contribution in [3.05, 3.63) is 59.4 Å². The molecule has 1 aromatic carbocycles. The Labute approximate surface area is 131 Å². The largest absolute Gasteiger partial charge is 0.325 e. The molecule has 0 radical (unpaired) electrons. The summed E-state index contributed by atoms with van der Waals surface area (Å²) in [4.78, 5) is 4.79. The molecule has 3 heteroatoms. The molecule has 0 saturated carbocycles. The summed E-state index contributed by atoms with van der Waals surface area (Å²) in [6, 6.07) is 12.8. The number of hydrogen-bond acceptors (Lipinski definition) is 2. The minimum atomic E-state index is 0.158. The predicted molar refractivity (Wildman–Crippen MR) is 92.0 cm³/mol. The predicted octanol–water partition coefficient (Wildman–Crippen LogP) is 4.07. The Morgan fingerprint density at radius 1 is 1.09 bits per heavy atom. The Morgan fingerprint density at radius 3 is 2.36 bits per heavy atom. The Kier molecular flexibility index (Phi) is 3.53. The average molecular weight is 293 g/mol. The number of benzene rings is 1. The monoisotopic (exact) mass is 293 g/mol. The van der Waals surface area contributed by atoms with Crippen LogP contribution >= 0.6 is 0 Å². The van der Waals surface area contributed by atoms with Crippen molar-refractivity contribution in [3.63, 3.8) is 0 Å². The van der Waals surface area contributed by atoms with E-state index in [4.69, 9.17) is 10.7 Å². The van der Waals surface area contributed by atoms with E-state index in [-0.39, 0.29) is 5.41 Å². The summed E-state index contributed by atoms with van der Waals surface area (Å²) in [5.41, 5.74) is 12.8. The first-order valence-corrected chi connectivity index (χ1v) is 7.69. The van der Waals surface area contributed by atoms with E-state index < -0.39 is 0 Å². The molecule has 0 atom stereocenters. The average Bonchev–Trinajstić information content (AvgIpc) is 2.84. The fraction of sp³-hybridized carbons (Fsp3) is 0.316. The van der Waals surface area contributed by atoms with Crippen LogP contribution in [0.3, 0.4) is 0 Å². The van der Waals surface area contributed by atoms with Gasteiger partial charge in [-0.15, -0.1) is 0 Å². The normalized spacial score (nSPS) is 12.0. The molecule has 0 aliphatic heterocycles. The lowest BCUT2D eigenvalue weighted by molar-refractivity contribution is 0.590. The molecule has 114 valence electrons. The van der Waals surface area contributed by atoms with Gasteiger partial charge in [-0.05, 0) is 35.6 Å². The van der Waals surface area contributed by atoms with E-state index in [0.717, 1.165) is 22.6 Å². The Hall–Kier alpha value is -2.13. The standard InChI is InChI=1S/C19H23N3/c1-13-9-10-22-16(12-20)18(21-17(22)11-13)14-5-7-15(8-6-14)19(2,3)4/h5-11H,12,20H2,1-4H3. The molecule has 0 unspecified atom stereocenters. The van der Waals surface area contributed by atoms with Crippen molar-refractivity contribution in [2.45, 2.75) is 39.7 Å². The van der Waals surface area contributed by atoms with Gasteiger partial charge in [-0.25, -0.2) is 4.98 Å². The third-order valence-electron chi connectivity index (χ3n) is 4.10. The highest BCUT2D eigenvalue weighted by Crippen LogP contribution is 2.28. The van der Waals surface area contributed by atoms with Crippen LogP contribution in [0, 0.1) is 6.92 Å². The van der Waals surface area contributed by atoms with E-state index in [1.54, 1.807) is 0 Å². The molecule has 0 spiro atoms. The maximum Gasteiger partial charge on any atom is 0.137 e. The SMILES string of the molecule is Cc1ccn2c(CN)c(-c3ccc(C(C)(C)C)cc3)nc2c1. The molecular formula is C19H23N3. The maximum absolute atomic E-state index is 5.97. The van der Waals surface area contributed by atoms with Gasteiger partial charge < -0.3 is 10.1 Å². The fourth-order valence-corrected chi connectivity index (χ4v) is 2.75. The van der Waals surface area contributed by atoms with Crippen LogP contribution in [0.4, 0.5) is 0 Å². The second-order valence-electron chi connectivity index (χ2n) is 6.87. The molecule has 3 rings (SSSR count). The number of fused-ring (bicyclic) bond motifs is 1. The first-order chi connectivity index (χ1) is 10.4. The van der Waals surface area contributed by atoms with Crippen molar-refractivity contribution in [2.75, 3.05) is 0 Å². The summed E-state index contributed by atoms with van der Waals surface area (Å²) in [6.07, 6.45) is 2.05. The number of rotatable bonds is 2. The second-order valence-corrected chi connectivity index (χ2v) is 6.87. The number of aromatic nitrogens is 2. The molecule has 3 aromatic rings. The van der Waals surface area contributed by atoms with Gasteiger partial charge in [0.1, 0.15) is 5.65 Å². The van der Waals surface area contributed by atoms with Crippen LogP contribution < -0.4 is 5.73 Å². The van der Waals surface area contributed by atoms with Gasteiger partial charge in [0.25, 0.3) is 0 Å². The topological polar surface area (TPSA) is 43.3 Å². The molecule has 0 amide bonds. The van der Waals surface area contributed by atoms with Gasteiger partial charge in [0.15, 0.2) is 0 Å². The number of nitrogens with zero attached hydrogens (tertiary/aromatic N) is 2. The zero-order valence-corrected chi connectivity index (χ0v) is 13.7. The lowest BCUT2D eigenvalue weighted by Crippen LogP contribution is -2.10. The minimum absolute atomic E-state index is 0.158. The third-order valence-corrected chi connectivity index (χ3v) is 4.10. The molecule has 22 heavy (non-hydrogen) atoms. The molecule has 0 fully saturated rings. The number of pyridine rings is 1. The van der Waals surface area contributed by atoms with Crippen molar-refractivity contribution >= 4 is 5.65 Å². The highest BCUT2D eigenvalue weighted by Gasteiger charge is 2.16. The molecule has 0 aliphatic rings. The van der Waals surface area contributed by atoms with Crippen LogP contribution in [0.25, 0.3) is 16.9 Å². The summed E-state index contributed by atoms with van der Waals surface area (Å²) in [5.74, 6) is 0. The summed E-state index contributed by atoms with van der Waals surface area (Å²) in [5, 5.41) is 0. The third kappa shape index (κ3) is 2.53. The van der Waals surface area contributed by atoms with Gasteiger partial charge in [-0.3, -0.25) is 0 Å². The highest BCUT2D eigenvalue weighted by atomic mass is 15.0. The molecule has 2 heterocycles. The molecule has 0 aliphatic carbocycles. The van der Waals surface area contributed by atoms with Gasteiger partial charge in [0, 0.05) is 18.3 Å². The zero-order chi connectivity index (χ0) is 15.9. The first-order valence-electron chi connectivity index (χ1n) is 7.69. The minimum Gasteiger partial charge on any atom is -0.325 e. The van der Waals surface area contributed by atoms with Gasteiger partial charge >= 0.3 is 0 Å². The van der Waals surface area contributed by atoms with Crippen LogP contribution in [0.15, 0.2) is 42.6 Å². The van der Waals surface area contributed by atoms with Gasteiger partial charge in [-0.1, -0.05) is 45.0 Å². The quantitative estimate of drug-likeness (QED) is 0.774. The molecular weight excluding hydrogens is 270 g/mol. The lowest BCUT2D eigenvalue weighted by Gasteiger charge is -2.19. The lowest BCUT2D eigenvalue weighted by atomic mass is 9.86. The van der Waals surface area contributed by atoms with Crippen LogP contribution in [-0.2, 0) is 12.0 Å². The van der Waals surface area contributed by atoms with E-state index in [9.17, 15) is 0 Å². The van der Waals surface area contributed by atoms with Gasteiger partial charge in [0.05, 0.1) is 11.4 Å². The zero-order valence-electron chi connectivity index (χ0n) is 13.7.